The molecule has 0 radical (unpaired) electrons. The van der Waals surface area contributed by atoms with E-state index < -0.39 is 0 Å². The van der Waals surface area contributed by atoms with Gasteiger partial charge in [0.1, 0.15) is 17.5 Å². The summed E-state index contributed by atoms with van der Waals surface area (Å²) in [5, 5.41) is 9.61. The first-order valence-corrected chi connectivity index (χ1v) is 9.10. The molecule has 3 heteroatoms. The van der Waals surface area contributed by atoms with Gasteiger partial charge in [0.15, 0.2) is 0 Å². The van der Waals surface area contributed by atoms with Crippen LogP contribution < -0.4 is 5.73 Å². The molecule has 0 bridgehead atoms. The second kappa shape index (κ2) is 7.38. The quantitative estimate of drug-likeness (QED) is 0.498. The van der Waals surface area contributed by atoms with Crippen molar-refractivity contribution in [1.29, 1.82) is 5.26 Å². The highest BCUT2D eigenvalue weighted by atomic mass is 14.8. The van der Waals surface area contributed by atoms with Crippen LogP contribution in [-0.2, 0) is 0 Å². The first-order valence-electron chi connectivity index (χ1n) is 9.10. The van der Waals surface area contributed by atoms with Crippen molar-refractivity contribution in [3.8, 4) is 39.6 Å². The van der Waals surface area contributed by atoms with Crippen molar-refractivity contribution in [2.45, 2.75) is 6.92 Å². The monoisotopic (exact) mass is 361 g/mol. The van der Waals surface area contributed by atoms with E-state index in [0.717, 1.165) is 33.5 Å². The molecule has 3 aromatic carbocycles. The number of benzene rings is 3. The van der Waals surface area contributed by atoms with Gasteiger partial charge in [-0.1, -0.05) is 78.9 Å². The molecule has 2 N–H and O–H groups in total. The summed E-state index contributed by atoms with van der Waals surface area (Å²) >= 11 is 0. The Bertz CT molecular complexity index is 1170. The zero-order valence-corrected chi connectivity index (χ0v) is 15.6. The number of nitrogens with two attached hydrogens (primary N) is 1. The fraction of sp³-hybridized carbons (Fsp3) is 0.0400. The lowest BCUT2D eigenvalue weighted by Crippen LogP contribution is -2.00. The number of aryl methyl sites for hydroxylation is 1. The molecule has 1 heterocycles. The Hall–Kier alpha value is -3.90. The van der Waals surface area contributed by atoms with Gasteiger partial charge in [0.2, 0.25) is 0 Å². The summed E-state index contributed by atoms with van der Waals surface area (Å²) in [4.78, 5) is 4.49. The molecule has 0 atom stereocenters. The molecule has 0 saturated heterocycles. The van der Waals surface area contributed by atoms with E-state index >= 15 is 0 Å². The summed E-state index contributed by atoms with van der Waals surface area (Å²) in [6, 6.07) is 30.6. The standard InChI is InChI=1S/C25H19N3/c1-17-7-5-6-10-21(17)22-15-24(28-25(27)23(22)16-26)20-13-11-19(12-14-20)18-8-3-2-4-9-18/h2-15H,1H3,(H2,27,28). The third kappa shape index (κ3) is 3.24. The topological polar surface area (TPSA) is 62.7 Å². The van der Waals surface area contributed by atoms with Crippen LogP contribution in [0.2, 0.25) is 0 Å². The van der Waals surface area contributed by atoms with Gasteiger partial charge in [0.05, 0.1) is 5.69 Å². The summed E-state index contributed by atoms with van der Waals surface area (Å²) in [6.07, 6.45) is 0. The molecule has 0 aliphatic carbocycles. The van der Waals surface area contributed by atoms with Crippen molar-refractivity contribution in [2.75, 3.05) is 5.73 Å². The third-order valence-electron chi connectivity index (χ3n) is 4.88. The van der Waals surface area contributed by atoms with Gasteiger partial charge in [0.25, 0.3) is 0 Å². The van der Waals surface area contributed by atoms with Gasteiger partial charge >= 0.3 is 0 Å². The summed E-state index contributed by atoms with van der Waals surface area (Å²) in [5.41, 5.74) is 13.5. The van der Waals surface area contributed by atoms with Crippen molar-refractivity contribution in [3.05, 3.63) is 96.1 Å². The van der Waals surface area contributed by atoms with Gasteiger partial charge in [-0.15, -0.1) is 0 Å². The van der Waals surface area contributed by atoms with Crippen LogP contribution in [0.1, 0.15) is 11.1 Å². The minimum absolute atomic E-state index is 0.255. The Labute approximate surface area is 164 Å². The lowest BCUT2D eigenvalue weighted by atomic mass is 9.95. The Balaban J connectivity index is 1.81. The van der Waals surface area contributed by atoms with Crippen LogP contribution >= 0.6 is 0 Å². The maximum atomic E-state index is 9.61. The lowest BCUT2D eigenvalue weighted by Gasteiger charge is -2.12. The van der Waals surface area contributed by atoms with Crippen LogP contribution in [0, 0.1) is 18.3 Å². The number of pyridine rings is 1. The summed E-state index contributed by atoms with van der Waals surface area (Å²) in [7, 11) is 0. The molecule has 0 aliphatic heterocycles. The van der Waals surface area contributed by atoms with Crippen molar-refractivity contribution in [2.24, 2.45) is 0 Å². The molecular weight excluding hydrogens is 342 g/mol. The van der Waals surface area contributed by atoms with E-state index in [4.69, 9.17) is 5.73 Å². The molecule has 0 amide bonds. The van der Waals surface area contributed by atoms with Gasteiger partial charge < -0.3 is 5.73 Å². The molecular formula is C25H19N3. The fourth-order valence-electron chi connectivity index (χ4n) is 3.38. The van der Waals surface area contributed by atoms with E-state index in [1.165, 1.54) is 5.56 Å². The lowest BCUT2D eigenvalue weighted by molar-refractivity contribution is 1.30. The van der Waals surface area contributed by atoms with E-state index in [-0.39, 0.29) is 5.82 Å². The zero-order valence-electron chi connectivity index (χ0n) is 15.6. The molecule has 1 aromatic heterocycles. The number of anilines is 1. The third-order valence-corrected chi connectivity index (χ3v) is 4.88. The van der Waals surface area contributed by atoms with Gasteiger partial charge in [0, 0.05) is 11.1 Å². The SMILES string of the molecule is Cc1ccccc1-c1cc(-c2ccc(-c3ccccc3)cc2)nc(N)c1C#N. The summed E-state index contributed by atoms with van der Waals surface area (Å²) < 4.78 is 0. The molecule has 0 spiro atoms. The zero-order chi connectivity index (χ0) is 19.5. The molecule has 4 rings (SSSR count). The van der Waals surface area contributed by atoms with Gasteiger partial charge in [-0.05, 0) is 35.2 Å². The smallest absolute Gasteiger partial charge is 0.142 e. The summed E-state index contributed by atoms with van der Waals surface area (Å²) in [5.74, 6) is 0.255. The van der Waals surface area contributed by atoms with Gasteiger partial charge in [-0.3, -0.25) is 0 Å². The number of hydrogen-bond donors (Lipinski definition) is 1. The summed E-state index contributed by atoms with van der Waals surface area (Å²) in [6.45, 7) is 2.03. The number of aromatic nitrogens is 1. The van der Waals surface area contributed by atoms with Crippen molar-refractivity contribution >= 4 is 5.82 Å². The van der Waals surface area contributed by atoms with Gasteiger partial charge in [-0.2, -0.15) is 5.26 Å². The van der Waals surface area contributed by atoms with Crippen molar-refractivity contribution < 1.29 is 0 Å². The number of nitrogen functional groups attached to an aromatic ring is 1. The highest BCUT2D eigenvalue weighted by Crippen LogP contribution is 2.33. The maximum absolute atomic E-state index is 9.61. The van der Waals surface area contributed by atoms with Crippen LogP contribution in [0.15, 0.2) is 84.9 Å². The molecule has 4 aromatic rings. The van der Waals surface area contributed by atoms with E-state index in [9.17, 15) is 5.26 Å². The molecule has 0 saturated carbocycles. The number of rotatable bonds is 3. The van der Waals surface area contributed by atoms with Crippen molar-refractivity contribution in [1.82, 2.24) is 4.98 Å². The number of nitriles is 1. The molecule has 0 fully saturated rings. The Kier molecular flexibility index (Phi) is 4.62. The Morgan fingerprint density at radius 2 is 1.36 bits per heavy atom. The maximum Gasteiger partial charge on any atom is 0.142 e. The minimum Gasteiger partial charge on any atom is -0.383 e. The normalized spacial score (nSPS) is 10.4. The predicted octanol–water partition coefficient (Wildman–Crippen LogP) is 5.84. The Morgan fingerprint density at radius 1 is 0.750 bits per heavy atom. The molecule has 0 unspecified atom stereocenters. The molecule has 28 heavy (non-hydrogen) atoms. The average molecular weight is 361 g/mol. The second-order valence-electron chi connectivity index (χ2n) is 6.69. The van der Waals surface area contributed by atoms with E-state index in [1.807, 2.05) is 67.6 Å². The highest BCUT2D eigenvalue weighted by molar-refractivity contribution is 5.82. The fourth-order valence-corrected chi connectivity index (χ4v) is 3.38. The van der Waals surface area contributed by atoms with Crippen LogP contribution in [0.5, 0.6) is 0 Å². The first kappa shape index (κ1) is 17.5. The van der Waals surface area contributed by atoms with E-state index in [1.54, 1.807) is 0 Å². The van der Waals surface area contributed by atoms with Gasteiger partial charge in [-0.25, -0.2) is 4.98 Å². The molecule has 0 aliphatic rings. The van der Waals surface area contributed by atoms with Crippen LogP contribution in [-0.4, -0.2) is 4.98 Å². The molecule has 3 nitrogen and oxygen atoms in total. The highest BCUT2D eigenvalue weighted by Gasteiger charge is 2.14. The van der Waals surface area contributed by atoms with Crippen LogP contribution in [0.4, 0.5) is 5.82 Å². The van der Waals surface area contributed by atoms with Crippen LogP contribution in [0.25, 0.3) is 33.5 Å². The predicted molar refractivity (Wildman–Crippen MR) is 114 cm³/mol. The number of hydrogen-bond acceptors (Lipinski definition) is 3. The Morgan fingerprint density at radius 3 is 2.04 bits per heavy atom. The second-order valence-corrected chi connectivity index (χ2v) is 6.69. The average Bonchev–Trinajstić information content (AvgIpc) is 2.74. The molecule has 134 valence electrons. The van der Waals surface area contributed by atoms with Crippen LogP contribution in [0.3, 0.4) is 0 Å². The minimum atomic E-state index is 0.255. The van der Waals surface area contributed by atoms with Crippen molar-refractivity contribution in [3.63, 3.8) is 0 Å². The first-order chi connectivity index (χ1) is 13.7. The largest absolute Gasteiger partial charge is 0.383 e. The van der Waals surface area contributed by atoms with E-state index in [0.29, 0.717) is 5.56 Å². The van der Waals surface area contributed by atoms with E-state index in [2.05, 4.69) is 35.3 Å². The number of nitrogens with zero attached hydrogens (tertiary/aromatic N) is 2.